The van der Waals surface area contributed by atoms with Crippen LogP contribution in [-0.2, 0) is 0 Å². The van der Waals surface area contributed by atoms with Crippen molar-refractivity contribution in [3.63, 3.8) is 0 Å². The van der Waals surface area contributed by atoms with Crippen LogP contribution in [0.2, 0.25) is 0 Å². The van der Waals surface area contributed by atoms with Crippen molar-refractivity contribution < 1.29 is 4.79 Å². The zero-order valence-corrected chi connectivity index (χ0v) is 13.9. The maximum atomic E-state index is 10.9. The second-order valence-electron chi connectivity index (χ2n) is 3.07. The Hall–Kier alpha value is 0.560. The van der Waals surface area contributed by atoms with Gasteiger partial charge in [-0.15, -0.1) is 0 Å². The summed E-state index contributed by atoms with van der Waals surface area (Å²) < 4.78 is 3.27. The average Bonchev–Trinajstić information content (AvgIpc) is 2.17. The van der Waals surface area contributed by atoms with Gasteiger partial charge in [0.15, 0.2) is 6.29 Å². The number of carbonyl (C=O) groups excluding carboxylic acids is 1. The standard InChI is InChI=1S/C11H5I3O/c12-7-1-2-8-6(3-7)4-10(13)9(5-15)11(8)14/h1-5H. The Bertz CT molecular complexity index is 549. The molecule has 0 aromatic heterocycles. The molecule has 0 aliphatic carbocycles. The van der Waals surface area contributed by atoms with Gasteiger partial charge in [0, 0.05) is 16.3 Å². The first-order valence-corrected chi connectivity index (χ1v) is 7.39. The van der Waals surface area contributed by atoms with Gasteiger partial charge in [0.05, 0.1) is 0 Å². The number of fused-ring (bicyclic) bond motifs is 1. The monoisotopic (exact) mass is 534 g/mol. The fourth-order valence-electron chi connectivity index (χ4n) is 1.43. The summed E-state index contributed by atoms with van der Waals surface area (Å²) in [6, 6.07) is 8.33. The summed E-state index contributed by atoms with van der Waals surface area (Å²) in [5.41, 5.74) is 0.796. The SMILES string of the molecule is O=Cc1c(I)cc2cc(I)ccc2c1I. The molecule has 2 aromatic carbocycles. The zero-order chi connectivity index (χ0) is 11.0. The number of rotatable bonds is 1. The van der Waals surface area contributed by atoms with Crippen LogP contribution in [-0.4, -0.2) is 6.29 Å². The minimum Gasteiger partial charge on any atom is -0.298 e. The highest BCUT2D eigenvalue weighted by Crippen LogP contribution is 2.28. The van der Waals surface area contributed by atoms with E-state index < -0.39 is 0 Å². The van der Waals surface area contributed by atoms with Crippen LogP contribution in [0.25, 0.3) is 10.8 Å². The van der Waals surface area contributed by atoms with Crippen LogP contribution in [0.3, 0.4) is 0 Å². The van der Waals surface area contributed by atoms with Gasteiger partial charge in [-0.1, -0.05) is 6.07 Å². The normalized spacial score (nSPS) is 10.6. The quantitative estimate of drug-likeness (QED) is 0.391. The van der Waals surface area contributed by atoms with Crippen molar-refractivity contribution in [3.05, 3.63) is 40.5 Å². The molecule has 0 unspecified atom stereocenters. The van der Waals surface area contributed by atoms with Crippen LogP contribution in [0.1, 0.15) is 10.4 Å². The summed E-state index contributed by atoms with van der Waals surface area (Å²) >= 11 is 6.74. The maximum absolute atomic E-state index is 10.9. The zero-order valence-electron chi connectivity index (χ0n) is 7.43. The van der Waals surface area contributed by atoms with Crippen molar-refractivity contribution in [2.45, 2.75) is 0 Å². The Morgan fingerprint density at radius 3 is 2.47 bits per heavy atom. The second kappa shape index (κ2) is 4.82. The first kappa shape index (κ1) is 12.0. The summed E-state index contributed by atoms with van der Waals surface area (Å²) in [7, 11) is 0. The number of halogens is 3. The van der Waals surface area contributed by atoms with Crippen LogP contribution < -0.4 is 0 Å². The molecule has 0 amide bonds. The number of hydrogen-bond acceptors (Lipinski definition) is 1. The summed E-state index contributed by atoms with van der Waals surface area (Å²) in [4.78, 5) is 10.9. The van der Waals surface area contributed by atoms with E-state index in [1.54, 1.807) is 0 Å². The molecule has 0 heterocycles. The predicted octanol–water partition coefficient (Wildman–Crippen LogP) is 4.47. The lowest BCUT2D eigenvalue weighted by molar-refractivity contribution is 0.112. The minimum atomic E-state index is 0.796. The Labute approximate surface area is 128 Å². The van der Waals surface area contributed by atoms with Gasteiger partial charge in [-0.2, -0.15) is 0 Å². The molecule has 0 aliphatic rings. The Morgan fingerprint density at radius 2 is 1.80 bits per heavy atom. The smallest absolute Gasteiger partial charge is 0.152 e. The number of benzene rings is 2. The van der Waals surface area contributed by atoms with Gasteiger partial charge in [-0.25, -0.2) is 0 Å². The van der Waals surface area contributed by atoms with Crippen molar-refractivity contribution in [2.75, 3.05) is 0 Å². The molecule has 15 heavy (non-hydrogen) atoms. The number of carbonyl (C=O) groups is 1. The lowest BCUT2D eigenvalue weighted by Crippen LogP contribution is -1.93. The van der Waals surface area contributed by atoms with E-state index in [0.29, 0.717) is 0 Å². The largest absolute Gasteiger partial charge is 0.298 e. The number of aldehydes is 1. The van der Waals surface area contributed by atoms with Crippen LogP contribution in [0, 0.1) is 10.7 Å². The third-order valence-electron chi connectivity index (χ3n) is 2.14. The van der Waals surface area contributed by atoms with E-state index in [1.807, 2.05) is 0 Å². The summed E-state index contributed by atoms with van der Waals surface area (Å²) in [5, 5.41) is 2.35. The van der Waals surface area contributed by atoms with E-state index in [4.69, 9.17) is 0 Å². The predicted molar refractivity (Wildman–Crippen MR) is 87.5 cm³/mol. The molecule has 2 rings (SSSR count). The van der Waals surface area contributed by atoms with Crippen molar-refractivity contribution in [1.29, 1.82) is 0 Å². The van der Waals surface area contributed by atoms with Gasteiger partial charge in [-0.3, -0.25) is 4.79 Å². The molecule has 0 N–H and O–H groups in total. The highest BCUT2D eigenvalue weighted by Gasteiger charge is 2.08. The average molecular weight is 534 g/mol. The van der Waals surface area contributed by atoms with Gasteiger partial charge >= 0.3 is 0 Å². The minimum absolute atomic E-state index is 0.796. The highest BCUT2D eigenvalue weighted by molar-refractivity contribution is 14.1. The molecule has 0 saturated carbocycles. The van der Waals surface area contributed by atoms with Crippen LogP contribution in [0.4, 0.5) is 0 Å². The summed E-state index contributed by atoms with van der Waals surface area (Å²) in [6.45, 7) is 0. The molecule has 2 aromatic rings. The molecule has 0 atom stereocenters. The first-order chi connectivity index (χ1) is 7.13. The van der Waals surface area contributed by atoms with Crippen LogP contribution >= 0.6 is 67.8 Å². The van der Waals surface area contributed by atoms with E-state index in [0.717, 1.165) is 24.4 Å². The molecule has 0 spiro atoms. The molecular weight excluding hydrogens is 529 g/mol. The topological polar surface area (TPSA) is 17.1 Å². The third kappa shape index (κ3) is 2.31. The van der Waals surface area contributed by atoms with E-state index in [9.17, 15) is 4.79 Å². The molecule has 76 valence electrons. The van der Waals surface area contributed by atoms with Gasteiger partial charge in [0.2, 0.25) is 0 Å². The van der Waals surface area contributed by atoms with Crippen molar-refractivity contribution in [2.24, 2.45) is 0 Å². The van der Waals surface area contributed by atoms with E-state index >= 15 is 0 Å². The van der Waals surface area contributed by atoms with Gasteiger partial charge in [0.1, 0.15) is 0 Å². The second-order valence-corrected chi connectivity index (χ2v) is 6.56. The summed E-state index contributed by atoms with van der Waals surface area (Å²) in [5.74, 6) is 0. The fraction of sp³-hybridized carbons (Fsp3) is 0. The van der Waals surface area contributed by atoms with E-state index in [-0.39, 0.29) is 0 Å². The van der Waals surface area contributed by atoms with Crippen molar-refractivity contribution in [3.8, 4) is 0 Å². The number of hydrogen-bond donors (Lipinski definition) is 0. The van der Waals surface area contributed by atoms with E-state index in [2.05, 4.69) is 92.0 Å². The lowest BCUT2D eigenvalue weighted by Gasteiger charge is -2.06. The van der Waals surface area contributed by atoms with Gasteiger partial charge in [-0.05, 0) is 96.7 Å². The van der Waals surface area contributed by atoms with Crippen LogP contribution in [0.15, 0.2) is 24.3 Å². The molecule has 0 aliphatic heterocycles. The molecular formula is C11H5I3O. The Balaban J connectivity index is 2.90. The fourth-order valence-corrected chi connectivity index (χ4v) is 4.10. The first-order valence-electron chi connectivity index (χ1n) is 4.16. The third-order valence-corrected chi connectivity index (χ3v) is 4.87. The molecule has 0 radical (unpaired) electrons. The van der Waals surface area contributed by atoms with Crippen molar-refractivity contribution in [1.82, 2.24) is 0 Å². The van der Waals surface area contributed by atoms with Gasteiger partial charge in [0.25, 0.3) is 0 Å². The molecule has 0 fully saturated rings. The van der Waals surface area contributed by atoms with Gasteiger partial charge < -0.3 is 0 Å². The molecule has 4 heteroatoms. The Kier molecular flexibility index (Phi) is 3.87. The maximum Gasteiger partial charge on any atom is 0.152 e. The Morgan fingerprint density at radius 1 is 1.07 bits per heavy atom. The highest BCUT2D eigenvalue weighted by atomic mass is 127. The molecule has 0 saturated heterocycles. The van der Waals surface area contributed by atoms with Crippen molar-refractivity contribution >= 4 is 84.8 Å². The lowest BCUT2D eigenvalue weighted by atomic mass is 10.1. The molecule has 1 nitrogen and oxygen atoms in total. The van der Waals surface area contributed by atoms with E-state index in [1.165, 1.54) is 8.96 Å². The molecule has 0 bridgehead atoms. The summed E-state index contributed by atoms with van der Waals surface area (Å²) in [6.07, 6.45) is 0.932. The van der Waals surface area contributed by atoms with Crippen LogP contribution in [0.5, 0.6) is 0 Å².